The van der Waals surface area contributed by atoms with Gasteiger partial charge >= 0.3 is 0 Å². The highest BCUT2D eigenvalue weighted by molar-refractivity contribution is 6.42. The predicted octanol–water partition coefficient (Wildman–Crippen LogP) is 5.44. The van der Waals surface area contributed by atoms with Gasteiger partial charge in [-0.25, -0.2) is 0 Å². The Hall–Kier alpha value is -3.02. The van der Waals surface area contributed by atoms with Crippen LogP contribution in [-0.4, -0.2) is 34.7 Å². The van der Waals surface area contributed by atoms with Gasteiger partial charge in [0.15, 0.2) is 0 Å². The molecule has 5 nitrogen and oxygen atoms in total. The molecule has 1 aromatic heterocycles. The van der Waals surface area contributed by atoms with Crippen molar-refractivity contribution in [2.75, 3.05) is 13.1 Å². The van der Waals surface area contributed by atoms with E-state index in [1.165, 1.54) is 11.0 Å². The Morgan fingerprint density at radius 2 is 1.71 bits per heavy atom. The number of amides is 2. The lowest BCUT2D eigenvalue weighted by Gasteiger charge is -2.27. The lowest BCUT2D eigenvalue weighted by atomic mass is 10.2. The number of hydrogen-bond acceptors (Lipinski definition) is 3. The molecular formula is C24H22Cl2N2O3. The van der Waals surface area contributed by atoms with E-state index in [2.05, 4.69) is 6.58 Å². The summed E-state index contributed by atoms with van der Waals surface area (Å²) in [7, 11) is 0. The van der Waals surface area contributed by atoms with E-state index >= 15 is 0 Å². The lowest BCUT2D eigenvalue weighted by Crippen LogP contribution is -2.42. The molecular weight excluding hydrogens is 435 g/mol. The Morgan fingerprint density at radius 3 is 2.35 bits per heavy atom. The van der Waals surface area contributed by atoms with E-state index < -0.39 is 0 Å². The molecule has 0 fully saturated rings. The van der Waals surface area contributed by atoms with Gasteiger partial charge in [0.1, 0.15) is 12.3 Å². The van der Waals surface area contributed by atoms with Crippen LogP contribution in [0.2, 0.25) is 10.0 Å². The van der Waals surface area contributed by atoms with Crippen molar-refractivity contribution in [3.05, 3.63) is 107 Å². The van der Waals surface area contributed by atoms with Gasteiger partial charge in [-0.05, 0) is 35.9 Å². The molecule has 31 heavy (non-hydrogen) atoms. The zero-order valence-corrected chi connectivity index (χ0v) is 18.4. The van der Waals surface area contributed by atoms with Crippen molar-refractivity contribution in [1.82, 2.24) is 9.80 Å². The second-order valence-corrected chi connectivity index (χ2v) is 7.73. The molecule has 2 amide bonds. The summed E-state index contributed by atoms with van der Waals surface area (Å²) >= 11 is 12.0. The Kier molecular flexibility index (Phi) is 7.93. The topological polar surface area (TPSA) is 53.8 Å². The van der Waals surface area contributed by atoms with Crippen molar-refractivity contribution in [3.63, 3.8) is 0 Å². The third-order valence-corrected chi connectivity index (χ3v) is 5.36. The standard InChI is InChI=1S/C24H22Cl2N2O3/c1-2-12-27(24(30)19-10-11-21(25)22(26)14-19)17-23(29)28(16-20-9-6-13-31-20)15-18-7-4-3-5-8-18/h2-11,13-14H,1,12,15-17H2. The molecule has 3 rings (SSSR count). The van der Waals surface area contributed by atoms with Gasteiger partial charge in [0, 0.05) is 18.7 Å². The first-order valence-corrected chi connectivity index (χ1v) is 10.4. The van der Waals surface area contributed by atoms with Crippen LogP contribution in [0.1, 0.15) is 21.7 Å². The molecule has 0 aliphatic heterocycles. The number of furan rings is 1. The summed E-state index contributed by atoms with van der Waals surface area (Å²) in [5.74, 6) is 0.121. The minimum Gasteiger partial charge on any atom is -0.467 e. The smallest absolute Gasteiger partial charge is 0.254 e. The number of rotatable bonds is 9. The molecule has 0 saturated heterocycles. The molecule has 0 saturated carbocycles. The van der Waals surface area contributed by atoms with E-state index in [0.717, 1.165) is 5.56 Å². The molecule has 0 radical (unpaired) electrons. The van der Waals surface area contributed by atoms with Crippen LogP contribution in [0.3, 0.4) is 0 Å². The van der Waals surface area contributed by atoms with Crippen LogP contribution in [0.25, 0.3) is 0 Å². The molecule has 0 spiro atoms. The Morgan fingerprint density at radius 1 is 0.935 bits per heavy atom. The Labute approximate surface area is 191 Å². The summed E-state index contributed by atoms with van der Waals surface area (Å²) in [6.45, 7) is 4.50. The molecule has 1 heterocycles. The summed E-state index contributed by atoms with van der Waals surface area (Å²) in [4.78, 5) is 29.3. The van der Waals surface area contributed by atoms with Crippen molar-refractivity contribution >= 4 is 35.0 Å². The molecule has 0 aliphatic carbocycles. The monoisotopic (exact) mass is 456 g/mol. The first kappa shape index (κ1) is 22.7. The van der Waals surface area contributed by atoms with Crippen LogP contribution in [0.15, 0.2) is 84.0 Å². The normalized spacial score (nSPS) is 10.5. The number of nitrogens with zero attached hydrogens (tertiary/aromatic N) is 2. The van der Waals surface area contributed by atoms with E-state index in [1.54, 1.807) is 35.4 Å². The third-order valence-electron chi connectivity index (χ3n) is 4.63. The maximum atomic E-state index is 13.2. The maximum absolute atomic E-state index is 13.2. The Bertz CT molecular complexity index is 1040. The summed E-state index contributed by atoms with van der Waals surface area (Å²) in [5.41, 5.74) is 1.33. The fourth-order valence-corrected chi connectivity index (χ4v) is 3.37. The third kappa shape index (κ3) is 6.23. The largest absolute Gasteiger partial charge is 0.467 e. The van der Waals surface area contributed by atoms with Crippen LogP contribution in [-0.2, 0) is 17.9 Å². The number of carbonyl (C=O) groups excluding carboxylic acids is 2. The van der Waals surface area contributed by atoms with Gasteiger partial charge in [-0.2, -0.15) is 0 Å². The fraction of sp³-hybridized carbons (Fsp3) is 0.167. The Balaban J connectivity index is 1.79. The van der Waals surface area contributed by atoms with E-state index in [1.807, 2.05) is 36.4 Å². The number of benzene rings is 2. The molecule has 0 aliphatic rings. The molecule has 0 bridgehead atoms. The zero-order valence-electron chi connectivity index (χ0n) is 16.8. The van der Waals surface area contributed by atoms with Gasteiger partial charge in [0.25, 0.3) is 5.91 Å². The van der Waals surface area contributed by atoms with Crippen LogP contribution in [0, 0.1) is 0 Å². The molecule has 3 aromatic rings. The highest BCUT2D eigenvalue weighted by Gasteiger charge is 2.23. The summed E-state index contributed by atoms with van der Waals surface area (Å²) in [6.07, 6.45) is 3.15. The second kappa shape index (κ2) is 10.8. The summed E-state index contributed by atoms with van der Waals surface area (Å²) in [6, 6.07) is 17.9. The van der Waals surface area contributed by atoms with Gasteiger partial charge in [-0.15, -0.1) is 6.58 Å². The van der Waals surface area contributed by atoms with E-state index in [4.69, 9.17) is 27.6 Å². The average Bonchev–Trinajstić information content (AvgIpc) is 3.28. The second-order valence-electron chi connectivity index (χ2n) is 6.92. The van der Waals surface area contributed by atoms with Crippen molar-refractivity contribution in [2.24, 2.45) is 0 Å². The number of hydrogen-bond donors (Lipinski definition) is 0. The molecule has 0 atom stereocenters. The van der Waals surface area contributed by atoms with E-state index in [-0.39, 0.29) is 29.9 Å². The number of carbonyl (C=O) groups is 2. The average molecular weight is 457 g/mol. The minimum atomic E-state index is -0.329. The molecule has 7 heteroatoms. The highest BCUT2D eigenvalue weighted by Crippen LogP contribution is 2.23. The molecule has 0 unspecified atom stereocenters. The van der Waals surface area contributed by atoms with Crippen molar-refractivity contribution in [3.8, 4) is 0 Å². The summed E-state index contributed by atoms with van der Waals surface area (Å²) < 4.78 is 5.43. The first-order chi connectivity index (χ1) is 15.0. The quantitative estimate of drug-likeness (QED) is 0.402. The van der Waals surface area contributed by atoms with Crippen LogP contribution in [0.5, 0.6) is 0 Å². The number of halogens is 2. The first-order valence-electron chi connectivity index (χ1n) is 9.67. The van der Waals surface area contributed by atoms with Crippen molar-refractivity contribution in [2.45, 2.75) is 13.1 Å². The molecule has 2 aromatic carbocycles. The molecule has 0 N–H and O–H groups in total. The van der Waals surface area contributed by atoms with Gasteiger partial charge in [0.2, 0.25) is 5.91 Å². The predicted molar refractivity (Wildman–Crippen MR) is 122 cm³/mol. The van der Waals surface area contributed by atoms with Crippen molar-refractivity contribution < 1.29 is 14.0 Å². The van der Waals surface area contributed by atoms with E-state index in [0.29, 0.717) is 29.4 Å². The summed E-state index contributed by atoms with van der Waals surface area (Å²) in [5, 5.41) is 0.637. The zero-order chi connectivity index (χ0) is 22.2. The lowest BCUT2D eigenvalue weighted by molar-refractivity contribution is -0.133. The van der Waals surface area contributed by atoms with Gasteiger partial charge in [-0.3, -0.25) is 9.59 Å². The SMILES string of the molecule is C=CCN(CC(=O)N(Cc1ccccc1)Cc1ccco1)C(=O)c1ccc(Cl)c(Cl)c1. The van der Waals surface area contributed by atoms with Crippen molar-refractivity contribution in [1.29, 1.82) is 0 Å². The van der Waals surface area contributed by atoms with E-state index in [9.17, 15) is 9.59 Å². The highest BCUT2D eigenvalue weighted by atomic mass is 35.5. The van der Waals surface area contributed by atoms with Gasteiger partial charge in [0.05, 0.1) is 22.9 Å². The maximum Gasteiger partial charge on any atom is 0.254 e. The van der Waals surface area contributed by atoms with Crippen LogP contribution < -0.4 is 0 Å². The van der Waals surface area contributed by atoms with Gasteiger partial charge in [-0.1, -0.05) is 59.6 Å². The van der Waals surface area contributed by atoms with Crippen LogP contribution >= 0.6 is 23.2 Å². The van der Waals surface area contributed by atoms with Gasteiger partial charge < -0.3 is 14.2 Å². The molecule has 160 valence electrons. The fourth-order valence-electron chi connectivity index (χ4n) is 3.08. The minimum absolute atomic E-state index is 0.112. The van der Waals surface area contributed by atoms with Crippen LogP contribution in [0.4, 0.5) is 0 Å².